The molecule has 0 unspecified atom stereocenters. The predicted octanol–water partition coefficient (Wildman–Crippen LogP) is 4.42. The zero-order valence-electron chi connectivity index (χ0n) is 12.8. The van der Waals surface area contributed by atoms with Gasteiger partial charge in [-0.1, -0.05) is 37.6 Å². The lowest BCUT2D eigenvalue weighted by molar-refractivity contribution is -0.132. The minimum Gasteiger partial charge on any atom is -0.477 e. The molecule has 4 heteroatoms. The number of ether oxygens (including phenoxy) is 1. The first-order valence-electron chi connectivity index (χ1n) is 7.34. The van der Waals surface area contributed by atoms with Crippen molar-refractivity contribution in [2.24, 2.45) is 0 Å². The number of hydrogen-bond acceptors (Lipinski definition) is 3. The maximum absolute atomic E-state index is 10.8. The summed E-state index contributed by atoms with van der Waals surface area (Å²) in [6, 6.07) is 16.5. The Morgan fingerprint density at radius 3 is 2.17 bits per heavy atom. The van der Waals surface area contributed by atoms with E-state index in [1.165, 1.54) is 11.6 Å². The van der Waals surface area contributed by atoms with E-state index in [4.69, 9.17) is 15.1 Å². The molecule has 0 atom stereocenters. The standard InChI is InChI=1S/C19H17NO3/c1-2-3-14-4-8-17(9-5-14)23-18-10-6-15(7-11-18)12-16(13-20)19(21)22/h4-12H,2-3H2,1H3,(H,21,22). The fourth-order valence-electron chi connectivity index (χ4n) is 2.09. The fourth-order valence-corrected chi connectivity index (χ4v) is 2.09. The summed E-state index contributed by atoms with van der Waals surface area (Å²) in [4.78, 5) is 10.8. The van der Waals surface area contributed by atoms with E-state index in [1.807, 2.05) is 24.3 Å². The Balaban J connectivity index is 2.08. The largest absolute Gasteiger partial charge is 0.477 e. The third-order valence-electron chi connectivity index (χ3n) is 3.24. The second-order valence-electron chi connectivity index (χ2n) is 5.04. The number of carbonyl (C=O) groups is 1. The summed E-state index contributed by atoms with van der Waals surface area (Å²) in [6.45, 7) is 2.14. The van der Waals surface area contributed by atoms with E-state index >= 15 is 0 Å². The third-order valence-corrected chi connectivity index (χ3v) is 3.24. The Morgan fingerprint density at radius 2 is 1.70 bits per heavy atom. The van der Waals surface area contributed by atoms with Gasteiger partial charge in [0, 0.05) is 0 Å². The molecule has 0 aliphatic carbocycles. The third kappa shape index (κ3) is 4.72. The van der Waals surface area contributed by atoms with Gasteiger partial charge < -0.3 is 9.84 Å². The van der Waals surface area contributed by atoms with Gasteiger partial charge in [-0.2, -0.15) is 5.26 Å². The number of aryl methyl sites for hydroxylation is 1. The summed E-state index contributed by atoms with van der Waals surface area (Å²) < 4.78 is 5.74. The van der Waals surface area contributed by atoms with Gasteiger partial charge in [0.05, 0.1) is 0 Å². The van der Waals surface area contributed by atoms with Crippen LogP contribution in [-0.4, -0.2) is 11.1 Å². The van der Waals surface area contributed by atoms with Crippen LogP contribution in [0.4, 0.5) is 0 Å². The number of benzene rings is 2. The van der Waals surface area contributed by atoms with Crippen molar-refractivity contribution in [3.05, 3.63) is 65.2 Å². The molecule has 4 nitrogen and oxygen atoms in total. The number of rotatable bonds is 6. The van der Waals surface area contributed by atoms with Gasteiger partial charge in [0.15, 0.2) is 0 Å². The van der Waals surface area contributed by atoms with E-state index in [1.54, 1.807) is 30.3 Å². The van der Waals surface area contributed by atoms with Crippen LogP contribution in [0.1, 0.15) is 24.5 Å². The zero-order valence-corrected chi connectivity index (χ0v) is 12.8. The number of nitrogens with zero attached hydrogens (tertiary/aromatic N) is 1. The molecule has 116 valence electrons. The van der Waals surface area contributed by atoms with Gasteiger partial charge in [-0.15, -0.1) is 0 Å². The summed E-state index contributed by atoms with van der Waals surface area (Å²) >= 11 is 0. The first-order chi connectivity index (χ1) is 11.1. The molecule has 0 saturated heterocycles. The van der Waals surface area contributed by atoms with Crippen LogP contribution >= 0.6 is 0 Å². The van der Waals surface area contributed by atoms with Crippen LogP contribution in [0.5, 0.6) is 11.5 Å². The van der Waals surface area contributed by atoms with Crippen LogP contribution in [0.25, 0.3) is 6.08 Å². The molecule has 23 heavy (non-hydrogen) atoms. The van der Waals surface area contributed by atoms with Crippen LogP contribution in [0.2, 0.25) is 0 Å². The number of hydrogen-bond donors (Lipinski definition) is 1. The molecule has 0 saturated carbocycles. The fraction of sp³-hybridized carbons (Fsp3) is 0.158. The van der Waals surface area contributed by atoms with Gasteiger partial charge >= 0.3 is 5.97 Å². The normalized spacial score (nSPS) is 10.9. The van der Waals surface area contributed by atoms with Crippen LogP contribution in [-0.2, 0) is 11.2 Å². The zero-order chi connectivity index (χ0) is 16.7. The Hall–Kier alpha value is -3.06. The molecule has 0 radical (unpaired) electrons. The minimum atomic E-state index is -1.24. The monoisotopic (exact) mass is 307 g/mol. The van der Waals surface area contributed by atoms with Gasteiger partial charge in [0.2, 0.25) is 0 Å². The van der Waals surface area contributed by atoms with Crippen LogP contribution in [0.3, 0.4) is 0 Å². The summed E-state index contributed by atoms with van der Waals surface area (Å²) in [5.74, 6) is 0.163. The van der Waals surface area contributed by atoms with Crippen molar-refractivity contribution in [3.63, 3.8) is 0 Å². The second-order valence-corrected chi connectivity index (χ2v) is 5.04. The Kier molecular flexibility index (Phi) is 5.54. The van der Waals surface area contributed by atoms with Crippen molar-refractivity contribution in [2.45, 2.75) is 19.8 Å². The number of carboxylic acids is 1. The van der Waals surface area contributed by atoms with E-state index in [2.05, 4.69) is 6.92 Å². The lowest BCUT2D eigenvalue weighted by Gasteiger charge is -2.07. The van der Waals surface area contributed by atoms with Gasteiger partial charge in [-0.05, 0) is 47.9 Å². The lowest BCUT2D eigenvalue weighted by atomic mass is 10.1. The molecule has 0 amide bonds. The van der Waals surface area contributed by atoms with Crippen molar-refractivity contribution >= 4 is 12.0 Å². The number of carboxylic acid groups (broad SMARTS) is 1. The molecular formula is C19H17NO3. The maximum Gasteiger partial charge on any atom is 0.346 e. The van der Waals surface area contributed by atoms with Gasteiger partial charge in [-0.25, -0.2) is 4.79 Å². The highest BCUT2D eigenvalue weighted by atomic mass is 16.5. The van der Waals surface area contributed by atoms with Crippen LogP contribution in [0.15, 0.2) is 54.1 Å². The highest BCUT2D eigenvalue weighted by Gasteiger charge is 2.05. The first-order valence-corrected chi connectivity index (χ1v) is 7.34. The molecule has 0 aliphatic rings. The van der Waals surface area contributed by atoms with Crippen molar-refractivity contribution in [2.75, 3.05) is 0 Å². The van der Waals surface area contributed by atoms with E-state index in [9.17, 15) is 4.79 Å². The smallest absolute Gasteiger partial charge is 0.346 e. The lowest BCUT2D eigenvalue weighted by Crippen LogP contribution is -1.97. The minimum absolute atomic E-state index is 0.301. The molecule has 0 bridgehead atoms. The van der Waals surface area contributed by atoms with Crippen molar-refractivity contribution < 1.29 is 14.6 Å². The summed E-state index contributed by atoms with van der Waals surface area (Å²) in [6.07, 6.45) is 3.48. The van der Waals surface area contributed by atoms with E-state index in [0.717, 1.165) is 18.6 Å². The number of nitriles is 1. The molecule has 2 aromatic rings. The summed E-state index contributed by atoms with van der Waals surface area (Å²) in [5, 5.41) is 17.6. The highest BCUT2D eigenvalue weighted by molar-refractivity contribution is 5.96. The Bertz CT molecular complexity index is 738. The Labute approximate surface area is 135 Å². The molecule has 0 fully saturated rings. The molecule has 0 spiro atoms. The van der Waals surface area contributed by atoms with Crippen molar-refractivity contribution in [1.82, 2.24) is 0 Å². The van der Waals surface area contributed by atoms with Crippen molar-refractivity contribution in [1.29, 1.82) is 5.26 Å². The molecule has 0 aromatic heterocycles. The highest BCUT2D eigenvalue weighted by Crippen LogP contribution is 2.23. The molecule has 2 rings (SSSR count). The first kappa shape index (κ1) is 16.3. The van der Waals surface area contributed by atoms with Crippen LogP contribution < -0.4 is 4.74 Å². The van der Waals surface area contributed by atoms with E-state index in [0.29, 0.717) is 11.3 Å². The van der Waals surface area contributed by atoms with Crippen LogP contribution in [0, 0.1) is 11.3 Å². The molecular weight excluding hydrogens is 290 g/mol. The topological polar surface area (TPSA) is 70.3 Å². The Morgan fingerprint density at radius 1 is 1.13 bits per heavy atom. The average molecular weight is 307 g/mol. The SMILES string of the molecule is CCCc1ccc(Oc2ccc(C=C(C#N)C(=O)O)cc2)cc1. The van der Waals surface area contributed by atoms with E-state index < -0.39 is 5.97 Å². The average Bonchev–Trinajstić information content (AvgIpc) is 2.56. The molecule has 0 aliphatic heterocycles. The quantitative estimate of drug-likeness (QED) is 0.633. The van der Waals surface area contributed by atoms with Gasteiger partial charge in [0.1, 0.15) is 23.1 Å². The molecule has 2 aromatic carbocycles. The van der Waals surface area contributed by atoms with Gasteiger partial charge in [-0.3, -0.25) is 0 Å². The summed E-state index contributed by atoms with van der Waals surface area (Å²) in [5.41, 5.74) is 1.61. The predicted molar refractivity (Wildman–Crippen MR) is 88.2 cm³/mol. The molecule has 1 N–H and O–H groups in total. The number of aliphatic carboxylic acids is 1. The van der Waals surface area contributed by atoms with Crippen molar-refractivity contribution in [3.8, 4) is 17.6 Å². The summed E-state index contributed by atoms with van der Waals surface area (Å²) in [7, 11) is 0. The van der Waals surface area contributed by atoms with E-state index in [-0.39, 0.29) is 5.57 Å². The maximum atomic E-state index is 10.8. The second kappa shape index (κ2) is 7.81. The van der Waals surface area contributed by atoms with Gasteiger partial charge in [0.25, 0.3) is 0 Å². The molecule has 0 heterocycles.